The molecular formula is C16H14O3. The highest BCUT2D eigenvalue weighted by atomic mass is 16.5. The predicted octanol–water partition coefficient (Wildman–Crippen LogP) is 2.86. The number of ketones is 1. The number of Topliss-reactive ketones (excluding diaryl/α,β-unsaturated/α-hetero) is 1. The maximum atomic E-state index is 12.3. The molecule has 0 heterocycles. The zero-order valence-corrected chi connectivity index (χ0v) is 10.6. The molecule has 2 aromatic carbocycles. The number of carbonyl (C=O) groups excluding carboxylic acids is 2. The molecule has 0 fully saturated rings. The van der Waals surface area contributed by atoms with Gasteiger partial charge in [-0.15, -0.1) is 0 Å². The highest BCUT2D eigenvalue weighted by molar-refractivity contribution is 6.09. The molecule has 19 heavy (non-hydrogen) atoms. The number of rotatable bonds is 5. The van der Waals surface area contributed by atoms with Crippen LogP contribution in [0.5, 0.6) is 5.75 Å². The summed E-state index contributed by atoms with van der Waals surface area (Å²) in [6.45, 7) is 0. The number of aldehydes is 1. The lowest BCUT2D eigenvalue weighted by molar-refractivity contribution is -0.108. The van der Waals surface area contributed by atoms with Crippen LogP contribution in [0.1, 0.15) is 21.8 Å². The van der Waals surface area contributed by atoms with Crippen LogP contribution in [0, 0.1) is 0 Å². The summed E-state index contributed by atoms with van der Waals surface area (Å²) >= 11 is 0. The molecule has 2 aromatic rings. The van der Waals surface area contributed by atoms with Gasteiger partial charge in [-0.05, 0) is 17.7 Å². The second-order valence-electron chi connectivity index (χ2n) is 4.12. The quantitative estimate of drug-likeness (QED) is 0.468. The monoisotopic (exact) mass is 254 g/mol. The summed E-state index contributed by atoms with van der Waals surface area (Å²) < 4.78 is 5.11. The second-order valence-corrected chi connectivity index (χ2v) is 4.12. The van der Waals surface area contributed by atoms with Crippen molar-refractivity contribution in [3.8, 4) is 5.75 Å². The lowest BCUT2D eigenvalue weighted by Crippen LogP contribution is -2.14. The van der Waals surface area contributed by atoms with E-state index in [4.69, 9.17) is 4.74 Å². The van der Waals surface area contributed by atoms with Crippen LogP contribution < -0.4 is 4.74 Å². The Morgan fingerprint density at radius 2 is 1.84 bits per heavy atom. The third-order valence-electron chi connectivity index (χ3n) is 2.93. The van der Waals surface area contributed by atoms with Crippen molar-refractivity contribution >= 4 is 12.1 Å². The van der Waals surface area contributed by atoms with E-state index in [2.05, 4.69) is 0 Å². The van der Waals surface area contributed by atoms with Crippen molar-refractivity contribution in [3.63, 3.8) is 0 Å². The summed E-state index contributed by atoms with van der Waals surface area (Å²) in [6.07, 6.45) is 0.671. The van der Waals surface area contributed by atoms with E-state index in [1.165, 1.54) is 0 Å². The first kappa shape index (κ1) is 13.0. The maximum absolute atomic E-state index is 12.3. The Balaban J connectivity index is 2.34. The molecule has 0 aliphatic rings. The predicted molar refractivity (Wildman–Crippen MR) is 72.6 cm³/mol. The van der Waals surface area contributed by atoms with Gasteiger partial charge in [0.15, 0.2) is 5.78 Å². The third-order valence-corrected chi connectivity index (χ3v) is 2.93. The van der Waals surface area contributed by atoms with Gasteiger partial charge in [0.1, 0.15) is 18.0 Å². The highest BCUT2D eigenvalue weighted by Crippen LogP contribution is 2.23. The van der Waals surface area contributed by atoms with Crippen molar-refractivity contribution in [2.45, 2.75) is 5.92 Å². The minimum Gasteiger partial charge on any atom is -0.497 e. The average Bonchev–Trinajstić information content (AvgIpc) is 2.49. The van der Waals surface area contributed by atoms with Gasteiger partial charge in [0, 0.05) is 5.56 Å². The molecule has 0 aromatic heterocycles. The number of benzene rings is 2. The van der Waals surface area contributed by atoms with E-state index in [1.54, 1.807) is 55.6 Å². The number of hydrogen-bond acceptors (Lipinski definition) is 3. The molecular weight excluding hydrogens is 240 g/mol. The summed E-state index contributed by atoms with van der Waals surface area (Å²) in [5.74, 6) is -0.369. The molecule has 1 atom stereocenters. The van der Waals surface area contributed by atoms with E-state index >= 15 is 0 Å². The standard InChI is InChI=1S/C16H14O3/c1-19-14-9-5-8-13(10-14)15(11-17)16(18)12-6-3-2-4-7-12/h2-11,15H,1H3. The minimum absolute atomic E-state index is 0.205. The van der Waals surface area contributed by atoms with Crippen molar-refractivity contribution in [1.29, 1.82) is 0 Å². The zero-order valence-electron chi connectivity index (χ0n) is 10.6. The molecule has 0 saturated carbocycles. The lowest BCUT2D eigenvalue weighted by atomic mass is 9.92. The van der Waals surface area contributed by atoms with E-state index < -0.39 is 5.92 Å². The van der Waals surface area contributed by atoms with Crippen LogP contribution in [-0.2, 0) is 4.79 Å². The first-order valence-electron chi connectivity index (χ1n) is 5.94. The van der Waals surface area contributed by atoms with E-state index in [9.17, 15) is 9.59 Å². The second kappa shape index (κ2) is 5.96. The van der Waals surface area contributed by atoms with E-state index in [-0.39, 0.29) is 5.78 Å². The molecule has 3 nitrogen and oxygen atoms in total. The van der Waals surface area contributed by atoms with E-state index in [1.807, 2.05) is 6.07 Å². The molecule has 2 rings (SSSR count). The Morgan fingerprint density at radius 1 is 1.11 bits per heavy atom. The molecule has 0 aliphatic heterocycles. The van der Waals surface area contributed by atoms with Crippen LogP contribution in [0.25, 0.3) is 0 Å². The Hall–Kier alpha value is -2.42. The summed E-state index contributed by atoms with van der Waals surface area (Å²) in [5.41, 5.74) is 1.17. The van der Waals surface area contributed by atoms with Crippen molar-refractivity contribution in [2.24, 2.45) is 0 Å². The number of hydrogen-bond donors (Lipinski definition) is 0. The van der Waals surface area contributed by atoms with Crippen molar-refractivity contribution in [3.05, 3.63) is 65.7 Å². The van der Waals surface area contributed by atoms with Crippen LogP contribution in [0.15, 0.2) is 54.6 Å². The smallest absolute Gasteiger partial charge is 0.177 e. The fourth-order valence-corrected chi connectivity index (χ4v) is 1.91. The van der Waals surface area contributed by atoms with Crippen molar-refractivity contribution in [1.82, 2.24) is 0 Å². The van der Waals surface area contributed by atoms with Gasteiger partial charge >= 0.3 is 0 Å². The van der Waals surface area contributed by atoms with Crippen LogP contribution in [0.2, 0.25) is 0 Å². The van der Waals surface area contributed by atoms with Gasteiger partial charge in [0.25, 0.3) is 0 Å². The molecule has 0 saturated heterocycles. The Bertz CT molecular complexity index is 576. The molecule has 1 unspecified atom stereocenters. The molecule has 0 radical (unpaired) electrons. The molecule has 0 aliphatic carbocycles. The molecule has 0 bridgehead atoms. The Labute approximate surface area is 111 Å². The fourth-order valence-electron chi connectivity index (χ4n) is 1.91. The lowest BCUT2D eigenvalue weighted by Gasteiger charge is -2.11. The largest absolute Gasteiger partial charge is 0.497 e. The number of methoxy groups -OCH3 is 1. The van der Waals surface area contributed by atoms with Gasteiger partial charge in [-0.25, -0.2) is 0 Å². The van der Waals surface area contributed by atoms with Gasteiger partial charge < -0.3 is 9.53 Å². The maximum Gasteiger partial charge on any atom is 0.177 e. The van der Waals surface area contributed by atoms with Crippen LogP contribution in [0.4, 0.5) is 0 Å². The van der Waals surface area contributed by atoms with Gasteiger partial charge in [-0.2, -0.15) is 0 Å². The van der Waals surface area contributed by atoms with E-state index in [0.717, 1.165) is 0 Å². The number of carbonyl (C=O) groups is 2. The van der Waals surface area contributed by atoms with Crippen molar-refractivity contribution < 1.29 is 14.3 Å². The Kier molecular flexibility index (Phi) is 4.08. The molecule has 0 N–H and O–H groups in total. The summed E-state index contributed by atoms with van der Waals surface area (Å²) in [5, 5.41) is 0. The van der Waals surface area contributed by atoms with Crippen LogP contribution >= 0.6 is 0 Å². The normalized spacial score (nSPS) is 11.6. The topological polar surface area (TPSA) is 43.4 Å². The first-order chi connectivity index (χ1) is 9.26. The molecule has 96 valence electrons. The summed E-state index contributed by atoms with van der Waals surface area (Å²) in [4.78, 5) is 23.6. The van der Waals surface area contributed by atoms with Gasteiger partial charge in [-0.3, -0.25) is 4.79 Å². The highest BCUT2D eigenvalue weighted by Gasteiger charge is 2.21. The Morgan fingerprint density at radius 3 is 2.47 bits per heavy atom. The average molecular weight is 254 g/mol. The van der Waals surface area contributed by atoms with Gasteiger partial charge in [0.05, 0.1) is 7.11 Å². The summed E-state index contributed by atoms with van der Waals surface area (Å²) in [7, 11) is 1.55. The SMILES string of the molecule is COc1cccc(C(C=O)C(=O)c2ccccc2)c1. The van der Waals surface area contributed by atoms with E-state index in [0.29, 0.717) is 23.2 Å². The molecule has 3 heteroatoms. The third kappa shape index (κ3) is 2.88. The van der Waals surface area contributed by atoms with Crippen LogP contribution in [-0.4, -0.2) is 19.2 Å². The zero-order chi connectivity index (χ0) is 13.7. The molecule has 0 spiro atoms. The van der Waals surface area contributed by atoms with Crippen molar-refractivity contribution in [2.75, 3.05) is 7.11 Å². The van der Waals surface area contributed by atoms with Crippen LogP contribution in [0.3, 0.4) is 0 Å². The van der Waals surface area contributed by atoms with Gasteiger partial charge in [-0.1, -0.05) is 42.5 Å². The number of ether oxygens (including phenoxy) is 1. The minimum atomic E-state index is -0.794. The first-order valence-corrected chi connectivity index (χ1v) is 5.94. The summed E-state index contributed by atoms with van der Waals surface area (Å²) in [6, 6.07) is 15.8. The molecule has 0 amide bonds. The van der Waals surface area contributed by atoms with Gasteiger partial charge in [0.2, 0.25) is 0 Å². The fraction of sp³-hybridized carbons (Fsp3) is 0.125.